The fourth-order valence-electron chi connectivity index (χ4n) is 1.79. The maximum Gasteiger partial charge on any atom is 0.256 e. The molecule has 0 aliphatic heterocycles. The molecule has 0 aliphatic rings. The van der Waals surface area contributed by atoms with E-state index < -0.39 is 0 Å². The molecular weight excluding hydrogens is 324 g/mol. The maximum atomic E-state index is 12.0. The predicted molar refractivity (Wildman–Crippen MR) is 81.7 cm³/mol. The molecule has 0 bridgehead atoms. The summed E-state index contributed by atoms with van der Waals surface area (Å²) in [7, 11) is 0. The van der Waals surface area contributed by atoms with Gasteiger partial charge in [-0.05, 0) is 46.3 Å². The first-order chi connectivity index (χ1) is 9.22. The van der Waals surface area contributed by atoms with E-state index in [2.05, 4.69) is 26.2 Å². The molecule has 0 saturated carbocycles. The zero-order valence-corrected chi connectivity index (χ0v) is 12.2. The van der Waals surface area contributed by atoms with E-state index in [4.69, 9.17) is 0 Å². The number of pyridine rings is 1. The van der Waals surface area contributed by atoms with Crippen molar-refractivity contribution < 1.29 is 4.79 Å². The zero-order chi connectivity index (χ0) is 13.2. The summed E-state index contributed by atoms with van der Waals surface area (Å²) in [6.07, 6.45) is 1.75. The number of rotatable bonds is 2. The van der Waals surface area contributed by atoms with Gasteiger partial charge >= 0.3 is 0 Å². The van der Waals surface area contributed by atoms with Crippen LogP contribution in [-0.2, 0) is 0 Å². The second-order valence-electron chi connectivity index (χ2n) is 4.00. The van der Waals surface area contributed by atoms with E-state index in [0.29, 0.717) is 5.56 Å². The number of carbonyl (C=O) groups is 1. The molecule has 94 valence electrons. The Hall–Kier alpha value is -1.72. The van der Waals surface area contributed by atoms with E-state index in [1.54, 1.807) is 6.20 Å². The first-order valence-electron chi connectivity index (χ1n) is 5.62. The van der Waals surface area contributed by atoms with Crippen molar-refractivity contribution in [3.63, 3.8) is 0 Å². The van der Waals surface area contributed by atoms with Crippen molar-refractivity contribution in [2.24, 2.45) is 0 Å². The summed E-state index contributed by atoms with van der Waals surface area (Å²) in [5.41, 5.74) is 2.34. The van der Waals surface area contributed by atoms with Gasteiger partial charge in [-0.15, -0.1) is 11.3 Å². The van der Waals surface area contributed by atoms with Crippen LogP contribution in [0.15, 0.2) is 51.8 Å². The number of carbonyl (C=O) groups excluding carboxylic acids is 1. The zero-order valence-electron chi connectivity index (χ0n) is 9.76. The summed E-state index contributed by atoms with van der Waals surface area (Å²) < 4.78 is 0.945. The molecule has 1 amide bonds. The Balaban J connectivity index is 1.87. The number of aromatic nitrogens is 1. The van der Waals surface area contributed by atoms with Gasteiger partial charge in [-0.2, -0.15) is 0 Å². The van der Waals surface area contributed by atoms with Gasteiger partial charge in [-0.1, -0.05) is 6.07 Å². The number of halogens is 1. The Kier molecular flexibility index (Phi) is 3.31. The van der Waals surface area contributed by atoms with Gasteiger partial charge in [0.15, 0.2) is 0 Å². The third kappa shape index (κ3) is 2.67. The number of hydrogen-bond acceptors (Lipinski definition) is 3. The highest BCUT2D eigenvalue weighted by atomic mass is 79.9. The summed E-state index contributed by atoms with van der Waals surface area (Å²) in [5.74, 6) is -0.106. The molecule has 1 aromatic carbocycles. The van der Waals surface area contributed by atoms with Crippen LogP contribution < -0.4 is 5.32 Å². The molecule has 0 spiro atoms. The highest BCUT2D eigenvalue weighted by Crippen LogP contribution is 2.22. The molecule has 3 rings (SSSR count). The lowest BCUT2D eigenvalue weighted by atomic mass is 10.2. The number of nitrogens with one attached hydrogen (secondary N) is 1. The van der Waals surface area contributed by atoms with Crippen molar-refractivity contribution in [1.29, 1.82) is 0 Å². The van der Waals surface area contributed by atoms with Crippen LogP contribution in [0.4, 0.5) is 5.69 Å². The van der Waals surface area contributed by atoms with Gasteiger partial charge in [0.1, 0.15) is 0 Å². The van der Waals surface area contributed by atoms with Crippen molar-refractivity contribution in [3.05, 3.63) is 57.3 Å². The molecule has 5 heteroatoms. The predicted octanol–water partition coefficient (Wildman–Crippen LogP) is 4.31. The highest BCUT2D eigenvalue weighted by molar-refractivity contribution is 9.11. The van der Waals surface area contributed by atoms with Crippen LogP contribution in [0.1, 0.15) is 10.4 Å². The third-order valence-corrected chi connectivity index (χ3v) is 4.19. The Morgan fingerprint density at radius 3 is 2.95 bits per heavy atom. The van der Waals surface area contributed by atoms with Gasteiger partial charge in [0.25, 0.3) is 5.91 Å². The smallest absolute Gasteiger partial charge is 0.256 e. The van der Waals surface area contributed by atoms with E-state index in [-0.39, 0.29) is 5.91 Å². The molecule has 3 nitrogen and oxygen atoms in total. The average Bonchev–Trinajstić information content (AvgIpc) is 2.85. The van der Waals surface area contributed by atoms with Crippen LogP contribution >= 0.6 is 27.3 Å². The molecular formula is C14H9BrN2OS. The van der Waals surface area contributed by atoms with Crippen LogP contribution in [0.25, 0.3) is 10.9 Å². The standard InChI is InChI=1S/C14H9BrN2OS/c15-13-7-10(8-19-13)14(18)17-11-3-4-12-9(6-11)2-1-5-16-12/h1-8H,(H,17,18). The molecule has 3 aromatic rings. The summed E-state index contributed by atoms with van der Waals surface area (Å²) >= 11 is 4.84. The Morgan fingerprint density at radius 2 is 2.16 bits per heavy atom. The molecule has 0 fully saturated rings. The first-order valence-corrected chi connectivity index (χ1v) is 7.30. The van der Waals surface area contributed by atoms with E-state index >= 15 is 0 Å². The number of anilines is 1. The van der Waals surface area contributed by atoms with Crippen molar-refractivity contribution in [1.82, 2.24) is 4.98 Å². The van der Waals surface area contributed by atoms with Crippen molar-refractivity contribution in [2.75, 3.05) is 5.32 Å². The van der Waals surface area contributed by atoms with E-state index in [0.717, 1.165) is 20.4 Å². The average molecular weight is 333 g/mol. The minimum atomic E-state index is -0.106. The van der Waals surface area contributed by atoms with Crippen molar-refractivity contribution in [3.8, 4) is 0 Å². The monoisotopic (exact) mass is 332 g/mol. The van der Waals surface area contributed by atoms with Gasteiger partial charge < -0.3 is 5.32 Å². The lowest BCUT2D eigenvalue weighted by molar-refractivity contribution is 0.102. The second kappa shape index (κ2) is 5.11. The lowest BCUT2D eigenvalue weighted by Gasteiger charge is -2.05. The Bertz CT molecular complexity index is 754. The van der Waals surface area contributed by atoms with Crippen LogP contribution in [0.2, 0.25) is 0 Å². The van der Waals surface area contributed by atoms with E-state index in [9.17, 15) is 4.79 Å². The molecule has 0 radical (unpaired) electrons. The molecule has 0 saturated heterocycles. The van der Waals surface area contributed by atoms with Crippen LogP contribution in [0, 0.1) is 0 Å². The van der Waals surface area contributed by atoms with Gasteiger partial charge in [0.2, 0.25) is 0 Å². The van der Waals surface area contributed by atoms with Crippen LogP contribution in [0.5, 0.6) is 0 Å². The summed E-state index contributed by atoms with van der Waals surface area (Å²) in [6.45, 7) is 0. The van der Waals surface area contributed by atoms with Crippen LogP contribution in [-0.4, -0.2) is 10.9 Å². The Morgan fingerprint density at radius 1 is 1.26 bits per heavy atom. The van der Waals surface area contributed by atoms with E-state index in [1.165, 1.54) is 11.3 Å². The highest BCUT2D eigenvalue weighted by Gasteiger charge is 2.08. The lowest BCUT2D eigenvalue weighted by Crippen LogP contribution is -2.10. The number of fused-ring (bicyclic) bond motifs is 1. The molecule has 2 heterocycles. The molecule has 19 heavy (non-hydrogen) atoms. The van der Waals surface area contributed by atoms with Gasteiger partial charge in [0, 0.05) is 22.7 Å². The van der Waals surface area contributed by atoms with Crippen molar-refractivity contribution in [2.45, 2.75) is 0 Å². The number of amides is 1. The molecule has 0 aliphatic carbocycles. The van der Waals surface area contributed by atoms with Crippen LogP contribution in [0.3, 0.4) is 0 Å². The minimum Gasteiger partial charge on any atom is -0.322 e. The molecule has 0 unspecified atom stereocenters. The number of hydrogen-bond donors (Lipinski definition) is 1. The first kappa shape index (κ1) is 12.3. The van der Waals surface area contributed by atoms with Gasteiger partial charge in [-0.25, -0.2) is 0 Å². The third-order valence-electron chi connectivity index (χ3n) is 2.69. The number of nitrogens with zero attached hydrogens (tertiary/aromatic N) is 1. The fraction of sp³-hybridized carbons (Fsp3) is 0. The number of thiophene rings is 1. The quantitative estimate of drug-likeness (QED) is 0.759. The summed E-state index contributed by atoms with van der Waals surface area (Å²) in [4.78, 5) is 16.3. The van der Waals surface area contributed by atoms with Gasteiger partial charge in [0.05, 0.1) is 14.9 Å². The molecule has 2 aromatic heterocycles. The Labute approximate surface area is 122 Å². The SMILES string of the molecule is O=C(Nc1ccc2ncccc2c1)c1csc(Br)c1. The summed E-state index contributed by atoms with van der Waals surface area (Å²) in [6, 6.07) is 11.3. The number of benzene rings is 1. The molecule has 1 N–H and O–H groups in total. The normalized spacial score (nSPS) is 10.6. The second-order valence-corrected chi connectivity index (χ2v) is 6.29. The van der Waals surface area contributed by atoms with Gasteiger partial charge in [-0.3, -0.25) is 9.78 Å². The summed E-state index contributed by atoms with van der Waals surface area (Å²) in [5, 5.41) is 5.71. The largest absolute Gasteiger partial charge is 0.322 e. The topological polar surface area (TPSA) is 42.0 Å². The maximum absolute atomic E-state index is 12.0. The fourth-order valence-corrected chi connectivity index (χ4v) is 2.92. The van der Waals surface area contributed by atoms with Crippen molar-refractivity contribution >= 4 is 49.8 Å². The van der Waals surface area contributed by atoms with E-state index in [1.807, 2.05) is 41.8 Å². The molecule has 0 atom stereocenters. The minimum absolute atomic E-state index is 0.106.